The molecule has 0 aromatic heterocycles. The molecule has 0 aliphatic rings. The minimum Gasteiger partial charge on any atom is -0.497 e. The fraction of sp³-hybridized carbons (Fsp3) is 0.300. The second kappa shape index (κ2) is 10.4. The molecule has 0 radical (unpaired) electrons. The number of rotatable bonds is 8. The zero-order valence-electron chi connectivity index (χ0n) is 15.1. The molecule has 0 aliphatic heterocycles. The molecule has 0 spiro atoms. The van der Waals surface area contributed by atoms with Crippen LogP contribution in [0.5, 0.6) is 11.5 Å². The molecule has 5 nitrogen and oxygen atoms in total. The van der Waals surface area contributed by atoms with E-state index in [2.05, 4.69) is 17.6 Å². The standard InChI is InChI=1S/C20H24N2O3S/c1-3-4-7-14-25-18-9-6-5-8-17(18)19(23)22-20(26)21-15-10-12-16(24-2)13-11-15/h5-6,8-13H,3-4,7,14H2,1-2H3,(H2,21,22,23,26). The molecule has 0 heterocycles. The number of hydrogen-bond donors (Lipinski definition) is 2. The number of para-hydroxylation sites is 1. The van der Waals surface area contributed by atoms with E-state index >= 15 is 0 Å². The minimum absolute atomic E-state index is 0.223. The lowest BCUT2D eigenvalue weighted by atomic mass is 10.2. The fourth-order valence-corrected chi connectivity index (χ4v) is 2.53. The number of benzene rings is 2. The SMILES string of the molecule is CCCCCOc1ccccc1C(=O)NC(=S)Nc1ccc(OC)cc1. The molecule has 2 aromatic rings. The topological polar surface area (TPSA) is 59.6 Å². The van der Waals surface area contributed by atoms with Crippen molar-refractivity contribution < 1.29 is 14.3 Å². The van der Waals surface area contributed by atoms with Gasteiger partial charge in [0, 0.05) is 5.69 Å². The minimum atomic E-state index is -0.304. The maximum atomic E-state index is 12.5. The summed E-state index contributed by atoms with van der Waals surface area (Å²) in [6.45, 7) is 2.73. The predicted octanol–water partition coefficient (Wildman–Crippen LogP) is 4.39. The van der Waals surface area contributed by atoms with Gasteiger partial charge in [-0.05, 0) is 55.0 Å². The summed E-state index contributed by atoms with van der Waals surface area (Å²) in [6, 6.07) is 14.4. The van der Waals surface area contributed by atoms with Crippen LogP contribution in [-0.4, -0.2) is 24.7 Å². The van der Waals surface area contributed by atoms with Gasteiger partial charge >= 0.3 is 0 Å². The molecular formula is C20H24N2O3S. The summed E-state index contributed by atoms with van der Waals surface area (Å²) >= 11 is 5.22. The van der Waals surface area contributed by atoms with Crippen LogP contribution in [0.2, 0.25) is 0 Å². The van der Waals surface area contributed by atoms with Crippen LogP contribution in [0.15, 0.2) is 48.5 Å². The van der Waals surface area contributed by atoms with Crippen LogP contribution in [0.1, 0.15) is 36.5 Å². The highest BCUT2D eigenvalue weighted by Crippen LogP contribution is 2.19. The van der Waals surface area contributed by atoms with Crippen molar-refractivity contribution in [2.24, 2.45) is 0 Å². The highest BCUT2D eigenvalue weighted by atomic mass is 32.1. The molecule has 0 aliphatic carbocycles. The zero-order valence-corrected chi connectivity index (χ0v) is 15.9. The van der Waals surface area contributed by atoms with Crippen molar-refractivity contribution in [3.63, 3.8) is 0 Å². The van der Waals surface area contributed by atoms with Crippen LogP contribution in [0.25, 0.3) is 0 Å². The Kier molecular flexibility index (Phi) is 7.89. The van der Waals surface area contributed by atoms with Gasteiger partial charge in [0.25, 0.3) is 5.91 Å². The first-order valence-electron chi connectivity index (χ1n) is 8.62. The molecule has 0 atom stereocenters. The highest BCUT2D eigenvalue weighted by Gasteiger charge is 2.13. The zero-order chi connectivity index (χ0) is 18.8. The van der Waals surface area contributed by atoms with Crippen molar-refractivity contribution in [2.75, 3.05) is 19.0 Å². The van der Waals surface area contributed by atoms with Gasteiger partial charge in [-0.3, -0.25) is 10.1 Å². The van der Waals surface area contributed by atoms with E-state index in [0.29, 0.717) is 17.9 Å². The average Bonchev–Trinajstić information content (AvgIpc) is 2.66. The van der Waals surface area contributed by atoms with Gasteiger partial charge in [-0.15, -0.1) is 0 Å². The van der Waals surface area contributed by atoms with Gasteiger partial charge < -0.3 is 14.8 Å². The van der Waals surface area contributed by atoms with Crippen molar-refractivity contribution in [1.29, 1.82) is 0 Å². The molecule has 2 rings (SSSR count). The van der Waals surface area contributed by atoms with E-state index < -0.39 is 0 Å². The Morgan fingerprint density at radius 3 is 2.50 bits per heavy atom. The van der Waals surface area contributed by atoms with E-state index in [0.717, 1.165) is 30.7 Å². The first-order chi connectivity index (χ1) is 12.6. The van der Waals surface area contributed by atoms with Crippen molar-refractivity contribution in [3.05, 3.63) is 54.1 Å². The van der Waals surface area contributed by atoms with E-state index in [4.69, 9.17) is 21.7 Å². The van der Waals surface area contributed by atoms with Crippen LogP contribution in [0, 0.1) is 0 Å². The molecule has 2 aromatic carbocycles. The Labute approximate surface area is 159 Å². The normalized spacial score (nSPS) is 10.1. The Morgan fingerprint density at radius 1 is 1.08 bits per heavy atom. The summed E-state index contributed by atoms with van der Waals surface area (Å²) in [5, 5.41) is 5.88. The third-order valence-corrected chi connectivity index (χ3v) is 3.92. The van der Waals surface area contributed by atoms with E-state index in [-0.39, 0.29) is 11.0 Å². The lowest BCUT2D eigenvalue weighted by Gasteiger charge is -2.13. The van der Waals surface area contributed by atoms with E-state index in [1.807, 2.05) is 30.3 Å². The largest absolute Gasteiger partial charge is 0.497 e. The number of carbonyl (C=O) groups is 1. The van der Waals surface area contributed by atoms with Gasteiger partial charge in [-0.25, -0.2) is 0 Å². The summed E-state index contributed by atoms with van der Waals surface area (Å²) in [5.74, 6) is 1.01. The summed E-state index contributed by atoms with van der Waals surface area (Å²) in [4.78, 5) is 12.5. The van der Waals surface area contributed by atoms with Crippen LogP contribution < -0.4 is 20.1 Å². The molecule has 2 N–H and O–H groups in total. The fourth-order valence-electron chi connectivity index (χ4n) is 2.32. The third-order valence-electron chi connectivity index (χ3n) is 3.71. The van der Waals surface area contributed by atoms with E-state index in [1.165, 1.54) is 0 Å². The second-order valence-electron chi connectivity index (χ2n) is 5.69. The number of nitrogens with one attached hydrogen (secondary N) is 2. The number of unbranched alkanes of at least 4 members (excludes halogenated alkanes) is 2. The number of anilines is 1. The monoisotopic (exact) mass is 372 g/mol. The molecule has 0 saturated carbocycles. The number of hydrogen-bond acceptors (Lipinski definition) is 4. The van der Waals surface area contributed by atoms with Crippen molar-refractivity contribution in [3.8, 4) is 11.5 Å². The maximum absolute atomic E-state index is 12.5. The van der Waals surface area contributed by atoms with Gasteiger partial charge in [0.2, 0.25) is 0 Å². The number of thiocarbonyl (C=S) groups is 1. The van der Waals surface area contributed by atoms with Crippen molar-refractivity contribution in [2.45, 2.75) is 26.2 Å². The van der Waals surface area contributed by atoms with Gasteiger partial charge in [0.05, 0.1) is 19.3 Å². The molecule has 0 bridgehead atoms. The van der Waals surface area contributed by atoms with Gasteiger partial charge in [0.1, 0.15) is 11.5 Å². The van der Waals surface area contributed by atoms with Crippen molar-refractivity contribution in [1.82, 2.24) is 5.32 Å². The third kappa shape index (κ3) is 6.04. The number of carbonyl (C=O) groups excluding carboxylic acids is 1. The molecule has 1 amide bonds. The molecule has 0 unspecified atom stereocenters. The summed E-state index contributed by atoms with van der Waals surface area (Å²) in [5.41, 5.74) is 1.23. The number of ether oxygens (including phenoxy) is 2. The summed E-state index contributed by atoms with van der Waals surface area (Å²) in [6.07, 6.45) is 3.19. The summed E-state index contributed by atoms with van der Waals surface area (Å²) < 4.78 is 10.9. The Bertz CT molecular complexity index is 732. The molecule has 6 heteroatoms. The molecule has 0 saturated heterocycles. The molecule has 26 heavy (non-hydrogen) atoms. The van der Waals surface area contributed by atoms with Gasteiger partial charge in [-0.2, -0.15) is 0 Å². The van der Waals surface area contributed by atoms with Crippen LogP contribution in [-0.2, 0) is 0 Å². The maximum Gasteiger partial charge on any atom is 0.261 e. The second-order valence-corrected chi connectivity index (χ2v) is 6.10. The van der Waals surface area contributed by atoms with Gasteiger partial charge in [-0.1, -0.05) is 31.9 Å². The lowest BCUT2D eigenvalue weighted by molar-refractivity contribution is 0.0973. The van der Waals surface area contributed by atoms with Gasteiger partial charge in [0.15, 0.2) is 5.11 Å². The van der Waals surface area contributed by atoms with E-state index in [1.54, 1.807) is 25.3 Å². The quantitative estimate of drug-likeness (QED) is 0.532. The van der Waals surface area contributed by atoms with Crippen LogP contribution in [0.4, 0.5) is 5.69 Å². The Balaban J connectivity index is 1.94. The predicted molar refractivity (Wildman–Crippen MR) is 108 cm³/mol. The first kappa shape index (κ1) is 19.7. The van der Waals surface area contributed by atoms with Crippen LogP contribution in [0.3, 0.4) is 0 Å². The molecule has 0 fully saturated rings. The summed E-state index contributed by atoms with van der Waals surface area (Å²) in [7, 11) is 1.61. The Hall–Kier alpha value is -2.60. The number of methoxy groups -OCH3 is 1. The van der Waals surface area contributed by atoms with Crippen molar-refractivity contribution >= 4 is 28.9 Å². The van der Waals surface area contributed by atoms with E-state index in [9.17, 15) is 4.79 Å². The first-order valence-corrected chi connectivity index (χ1v) is 9.03. The number of amides is 1. The molecular weight excluding hydrogens is 348 g/mol. The highest BCUT2D eigenvalue weighted by molar-refractivity contribution is 7.80. The average molecular weight is 372 g/mol. The lowest BCUT2D eigenvalue weighted by Crippen LogP contribution is -2.34. The smallest absolute Gasteiger partial charge is 0.261 e. The Morgan fingerprint density at radius 2 is 1.81 bits per heavy atom. The molecule has 138 valence electrons. The van der Waals surface area contributed by atoms with Crippen LogP contribution >= 0.6 is 12.2 Å².